The van der Waals surface area contributed by atoms with Crippen molar-refractivity contribution in [1.29, 1.82) is 0 Å². The molecule has 1 atom stereocenters. The highest BCUT2D eigenvalue weighted by molar-refractivity contribution is 5.99. The number of aryl methyl sites for hydroxylation is 2. The van der Waals surface area contributed by atoms with Crippen LogP contribution in [0.1, 0.15) is 64.7 Å². The van der Waals surface area contributed by atoms with E-state index in [1.54, 1.807) is 26.2 Å². The van der Waals surface area contributed by atoms with Crippen molar-refractivity contribution in [1.82, 2.24) is 4.90 Å². The summed E-state index contributed by atoms with van der Waals surface area (Å²) >= 11 is 0. The number of amides is 1. The molecule has 1 aromatic heterocycles. The standard InChI is InChI=1S/C35H39NO7/c1-20(2)13-15-42-26-11-9-24(19-28(26)41-7)32-31-33(37)30-22(4)16-21(3)17-29(30)43-34(31)35(38)36(32)14-12-23-8-10-25(39-5)27(18-23)40-6/h8-11,16-20,32H,12-15H2,1-7H3. The fourth-order valence-corrected chi connectivity index (χ4v) is 5.75. The highest BCUT2D eigenvalue weighted by atomic mass is 16.5. The summed E-state index contributed by atoms with van der Waals surface area (Å²) < 4.78 is 28.8. The molecule has 43 heavy (non-hydrogen) atoms. The van der Waals surface area contributed by atoms with Gasteiger partial charge in [0.25, 0.3) is 5.91 Å². The van der Waals surface area contributed by atoms with E-state index in [4.69, 9.17) is 23.4 Å². The number of rotatable bonds is 11. The molecule has 2 heterocycles. The van der Waals surface area contributed by atoms with Crippen LogP contribution in [0.2, 0.25) is 0 Å². The Morgan fingerprint density at radius 1 is 0.860 bits per heavy atom. The van der Waals surface area contributed by atoms with E-state index < -0.39 is 6.04 Å². The van der Waals surface area contributed by atoms with E-state index in [1.165, 1.54) is 0 Å². The zero-order valence-corrected chi connectivity index (χ0v) is 25.9. The van der Waals surface area contributed by atoms with Gasteiger partial charge in [0.05, 0.1) is 44.9 Å². The second-order valence-electron chi connectivity index (χ2n) is 11.4. The molecule has 8 nitrogen and oxygen atoms in total. The molecule has 1 amide bonds. The number of carbonyl (C=O) groups is 1. The van der Waals surface area contributed by atoms with Crippen molar-refractivity contribution in [3.8, 4) is 23.0 Å². The summed E-state index contributed by atoms with van der Waals surface area (Å²) in [4.78, 5) is 29.9. The van der Waals surface area contributed by atoms with E-state index in [1.807, 2.05) is 62.4 Å². The third kappa shape index (κ3) is 5.78. The number of fused-ring (bicyclic) bond motifs is 2. The average Bonchev–Trinajstić information content (AvgIpc) is 3.26. The molecule has 5 rings (SSSR count). The number of benzene rings is 3. The van der Waals surface area contributed by atoms with Crippen LogP contribution in [0.25, 0.3) is 11.0 Å². The largest absolute Gasteiger partial charge is 0.493 e. The number of nitrogens with zero attached hydrogens (tertiary/aromatic N) is 1. The molecule has 0 aliphatic carbocycles. The Morgan fingerprint density at radius 2 is 1.56 bits per heavy atom. The van der Waals surface area contributed by atoms with Gasteiger partial charge in [-0.25, -0.2) is 0 Å². The topological polar surface area (TPSA) is 87.4 Å². The molecule has 0 fully saturated rings. The van der Waals surface area contributed by atoms with Gasteiger partial charge in [0.1, 0.15) is 5.58 Å². The van der Waals surface area contributed by atoms with Crippen LogP contribution in [0.4, 0.5) is 0 Å². The van der Waals surface area contributed by atoms with Gasteiger partial charge in [0, 0.05) is 6.54 Å². The highest BCUT2D eigenvalue weighted by Gasteiger charge is 2.43. The molecular formula is C35H39NO7. The summed E-state index contributed by atoms with van der Waals surface area (Å²) in [6.07, 6.45) is 1.43. The summed E-state index contributed by atoms with van der Waals surface area (Å²) in [6.45, 7) is 9.03. The number of hydrogen-bond acceptors (Lipinski definition) is 7. The van der Waals surface area contributed by atoms with Crippen LogP contribution < -0.4 is 24.4 Å². The second kappa shape index (κ2) is 12.4. The van der Waals surface area contributed by atoms with Crippen LogP contribution in [0.3, 0.4) is 0 Å². The molecule has 0 bridgehead atoms. The molecule has 0 radical (unpaired) electrons. The SMILES string of the molecule is COc1ccc(CCN2C(=O)c3oc4cc(C)cc(C)c4c(=O)c3C2c2ccc(OCCC(C)C)c(OC)c2)cc1OC. The number of methoxy groups -OCH3 is 3. The molecule has 226 valence electrons. The van der Waals surface area contributed by atoms with Crippen molar-refractivity contribution in [2.24, 2.45) is 5.92 Å². The van der Waals surface area contributed by atoms with Crippen molar-refractivity contribution in [3.05, 3.63) is 92.3 Å². The van der Waals surface area contributed by atoms with Gasteiger partial charge in [-0.3, -0.25) is 9.59 Å². The van der Waals surface area contributed by atoms with Crippen LogP contribution in [-0.2, 0) is 6.42 Å². The van der Waals surface area contributed by atoms with E-state index in [0.717, 1.165) is 28.7 Å². The molecule has 1 unspecified atom stereocenters. The number of carbonyl (C=O) groups excluding carboxylic acids is 1. The average molecular weight is 586 g/mol. The molecule has 0 saturated carbocycles. The van der Waals surface area contributed by atoms with Crippen molar-refractivity contribution in [3.63, 3.8) is 0 Å². The van der Waals surface area contributed by atoms with E-state index in [0.29, 0.717) is 65.0 Å². The van der Waals surface area contributed by atoms with E-state index >= 15 is 0 Å². The lowest BCUT2D eigenvalue weighted by molar-refractivity contribution is 0.0730. The quantitative estimate of drug-likeness (QED) is 0.195. The monoisotopic (exact) mass is 585 g/mol. The van der Waals surface area contributed by atoms with E-state index in [9.17, 15) is 9.59 Å². The van der Waals surface area contributed by atoms with Gasteiger partial charge in [0.15, 0.2) is 28.4 Å². The summed E-state index contributed by atoms with van der Waals surface area (Å²) in [5.74, 6) is 2.66. The maximum absolute atomic E-state index is 14.2. The predicted octanol–water partition coefficient (Wildman–Crippen LogP) is 6.65. The van der Waals surface area contributed by atoms with Crippen molar-refractivity contribution < 1.29 is 28.2 Å². The van der Waals surface area contributed by atoms with Crippen LogP contribution in [0, 0.1) is 19.8 Å². The lowest BCUT2D eigenvalue weighted by Gasteiger charge is -2.26. The molecule has 8 heteroatoms. The van der Waals surface area contributed by atoms with Crippen LogP contribution >= 0.6 is 0 Å². The normalized spacial score (nSPS) is 14.4. The summed E-state index contributed by atoms with van der Waals surface area (Å²) in [5, 5.41) is 0.490. The Hall–Kier alpha value is -4.46. The van der Waals surface area contributed by atoms with Gasteiger partial charge >= 0.3 is 0 Å². The molecule has 0 N–H and O–H groups in total. The summed E-state index contributed by atoms with van der Waals surface area (Å²) in [6, 6.07) is 14.4. The number of ether oxygens (including phenoxy) is 4. The predicted molar refractivity (Wildman–Crippen MR) is 166 cm³/mol. The maximum Gasteiger partial charge on any atom is 0.290 e. The first-order chi connectivity index (χ1) is 20.7. The molecule has 0 spiro atoms. The fraction of sp³-hybridized carbons (Fsp3) is 0.371. The Labute approximate surface area is 252 Å². The minimum atomic E-state index is -0.664. The van der Waals surface area contributed by atoms with Crippen molar-refractivity contribution in [2.75, 3.05) is 34.5 Å². The van der Waals surface area contributed by atoms with Gasteiger partial charge in [-0.1, -0.05) is 32.0 Å². The van der Waals surface area contributed by atoms with Gasteiger partial charge < -0.3 is 28.3 Å². The Balaban J connectivity index is 1.59. The molecular weight excluding hydrogens is 546 g/mol. The Morgan fingerprint density at radius 3 is 2.26 bits per heavy atom. The molecule has 1 aliphatic rings. The lowest BCUT2D eigenvalue weighted by Crippen LogP contribution is -2.31. The fourth-order valence-electron chi connectivity index (χ4n) is 5.75. The van der Waals surface area contributed by atoms with Crippen molar-refractivity contribution >= 4 is 16.9 Å². The van der Waals surface area contributed by atoms with E-state index in [-0.39, 0.29) is 17.1 Å². The smallest absolute Gasteiger partial charge is 0.290 e. The third-order valence-electron chi connectivity index (χ3n) is 7.96. The number of hydrogen-bond donors (Lipinski definition) is 0. The van der Waals surface area contributed by atoms with Gasteiger partial charge in [-0.15, -0.1) is 0 Å². The Bertz CT molecular complexity index is 1720. The first-order valence-corrected chi connectivity index (χ1v) is 14.6. The molecule has 0 saturated heterocycles. The first kappa shape index (κ1) is 30.0. The molecule has 4 aromatic rings. The van der Waals surface area contributed by atoms with E-state index in [2.05, 4.69) is 13.8 Å². The maximum atomic E-state index is 14.2. The summed E-state index contributed by atoms with van der Waals surface area (Å²) in [7, 11) is 4.77. The summed E-state index contributed by atoms with van der Waals surface area (Å²) in [5.41, 5.74) is 4.03. The minimum absolute atomic E-state index is 0.0797. The van der Waals surface area contributed by atoms with Gasteiger partial charge in [-0.2, -0.15) is 0 Å². The zero-order chi connectivity index (χ0) is 30.8. The van der Waals surface area contributed by atoms with Gasteiger partial charge in [0.2, 0.25) is 5.76 Å². The second-order valence-corrected chi connectivity index (χ2v) is 11.4. The van der Waals surface area contributed by atoms with Crippen LogP contribution in [0.15, 0.2) is 57.7 Å². The Kier molecular flexibility index (Phi) is 8.67. The molecule has 1 aliphatic heterocycles. The lowest BCUT2D eigenvalue weighted by atomic mass is 9.96. The molecule has 3 aromatic carbocycles. The highest BCUT2D eigenvalue weighted by Crippen LogP contribution is 2.41. The van der Waals surface area contributed by atoms with Crippen LogP contribution in [0.5, 0.6) is 23.0 Å². The first-order valence-electron chi connectivity index (χ1n) is 14.6. The van der Waals surface area contributed by atoms with Crippen molar-refractivity contribution in [2.45, 2.75) is 46.6 Å². The zero-order valence-electron chi connectivity index (χ0n) is 25.9. The van der Waals surface area contributed by atoms with Gasteiger partial charge in [-0.05, 0) is 85.2 Å². The minimum Gasteiger partial charge on any atom is -0.493 e. The van der Waals surface area contributed by atoms with Crippen LogP contribution in [-0.4, -0.2) is 45.3 Å². The third-order valence-corrected chi connectivity index (χ3v) is 7.96.